The molecule has 0 bridgehead atoms. The maximum atomic E-state index is 15.5. The molecule has 3 aromatic rings. The fraction of sp³-hybridized carbons (Fsp3) is 0.308. The van der Waals surface area contributed by atoms with Crippen molar-refractivity contribution in [2.24, 2.45) is 0 Å². The summed E-state index contributed by atoms with van der Waals surface area (Å²) >= 11 is 0. The second-order valence-electron chi connectivity index (χ2n) is 8.77. The van der Waals surface area contributed by atoms with Gasteiger partial charge in [0.2, 0.25) is 0 Å². The summed E-state index contributed by atoms with van der Waals surface area (Å²) in [6, 6.07) is 26.7. The van der Waals surface area contributed by atoms with Crippen LogP contribution in [0.1, 0.15) is 11.3 Å². The molecule has 0 spiro atoms. The summed E-state index contributed by atoms with van der Waals surface area (Å²) in [5.41, 5.74) is 2.81. The van der Waals surface area contributed by atoms with Crippen LogP contribution < -0.4 is 9.34 Å². The molecular weight excluding hydrogens is 434 g/mol. The van der Waals surface area contributed by atoms with E-state index in [9.17, 15) is 4.39 Å². The molecular formula is C26H30FN4OP. The molecule has 172 valence electrons. The Morgan fingerprint density at radius 2 is 1.18 bits per heavy atom. The number of rotatable bonds is 5. The second-order valence-corrected chi connectivity index (χ2v) is 11.4. The van der Waals surface area contributed by atoms with Crippen molar-refractivity contribution >= 4 is 18.8 Å². The van der Waals surface area contributed by atoms with Gasteiger partial charge in [0.25, 0.3) is 7.44 Å². The first-order valence-corrected chi connectivity index (χ1v) is 13.2. The van der Waals surface area contributed by atoms with E-state index in [0.29, 0.717) is 13.1 Å². The van der Waals surface area contributed by atoms with E-state index in [4.69, 9.17) is 0 Å². The topological polar surface area (TPSA) is 30.0 Å². The monoisotopic (exact) mass is 464 g/mol. The molecule has 1 unspecified atom stereocenters. The first-order valence-electron chi connectivity index (χ1n) is 11.5. The predicted octanol–water partition coefficient (Wildman–Crippen LogP) is 5.29. The molecule has 0 N–H and O–H groups in total. The van der Waals surface area contributed by atoms with Gasteiger partial charge in [0.05, 0.1) is 0 Å². The number of nitrogens with zero attached hydrogens (tertiary/aromatic N) is 4. The van der Waals surface area contributed by atoms with E-state index in [1.165, 1.54) is 12.1 Å². The zero-order chi connectivity index (χ0) is 22.8. The number of para-hydroxylation sites is 2. The van der Waals surface area contributed by atoms with Crippen LogP contribution in [0.25, 0.3) is 0 Å². The van der Waals surface area contributed by atoms with Crippen LogP contribution in [0.15, 0.2) is 84.9 Å². The molecule has 33 heavy (non-hydrogen) atoms. The highest BCUT2D eigenvalue weighted by molar-refractivity contribution is 7.67. The van der Waals surface area contributed by atoms with Crippen LogP contribution in [-0.4, -0.2) is 56.1 Å². The molecule has 0 aromatic heterocycles. The Morgan fingerprint density at radius 3 is 1.67 bits per heavy atom. The molecule has 2 aliphatic rings. The van der Waals surface area contributed by atoms with E-state index in [1.807, 2.05) is 72.8 Å². The number of anilines is 2. The summed E-state index contributed by atoms with van der Waals surface area (Å²) in [6.45, 7) is 4.79. The highest BCUT2D eigenvalue weighted by Crippen LogP contribution is 2.69. The lowest BCUT2D eigenvalue weighted by molar-refractivity contribution is 0.139. The Morgan fingerprint density at radius 1 is 0.697 bits per heavy atom. The summed E-state index contributed by atoms with van der Waals surface area (Å²) in [5, 5.41) is 0. The minimum Gasteiger partial charge on any atom is -0.304 e. The van der Waals surface area contributed by atoms with Crippen LogP contribution in [0.4, 0.5) is 15.8 Å². The second kappa shape index (κ2) is 9.30. The van der Waals surface area contributed by atoms with Crippen molar-refractivity contribution in [1.29, 1.82) is 0 Å². The largest absolute Gasteiger partial charge is 0.304 e. The maximum Gasteiger partial charge on any atom is 0.284 e. The lowest BCUT2D eigenvalue weighted by Crippen LogP contribution is -2.47. The molecule has 0 radical (unpaired) electrons. The third kappa shape index (κ3) is 4.19. The van der Waals surface area contributed by atoms with Crippen molar-refractivity contribution in [3.8, 4) is 0 Å². The van der Waals surface area contributed by atoms with Crippen LogP contribution in [-0.2, 0) is 4.57 Å². The van der Waals surface area contributed by atoms with Gasteiger partial charge >= 0.3 is 0 Å². The van der Waals surface area contributed by atoms with Crippen LogP contribution in [0.2, 0.25) is 0 Å². The normalized spacial score (nSPS) is 20.2. The number of halogens is 1. The summed E-state index contributed by atoms with van der Waals surface area (Å²) in [5.74, 6) is -0.643. The van der Waals surface area contributed by atoms with Gasteiger partial charge in [0.1, 0.15) is 11.6 Å². The summed E-state index contributed by atoms with van der Waals surface area (Å²) in [4.78, 5) is 4.64. The smallest absolute Gasteiger partial charge is 0.284 e. The minimum atomic E-state index is -3.22. The predicted molar refractivity (Wildman–Crippen MR) is 133 cm³/mol. The molecule has 0 aliphatic carbocycles. The van der Waals surface area contributed by atoms with Gasteiger partial charge < -0.3 is 14.2 Å². The lowest BCUT2D eigenvalue weighted by atomic mass is 10.2. The zero-order valence-corrected chi connectivity index (χ0v) is 19.8. The molecule has 2 fully saturated rings. The van der Waals surface area contributed by atoms with Crippen LogP contribution in [0.3, 0.4) is 0 Å². The number of hydrogen-bond acceptors (Lipinski definition) is 3. The highest BCUT2D eigenvalue weighted by atomic mass is 31.2. The zero-order valence-electron chi connectivity index (χ0n) is 18.9. The Hall–Kier alpha value is -2.66. The van der Waals surface area contributed by atoms with Gasteiger partial charge in [-0.15, -0.1) is 0 Å². The molecule has 0 saturated carbocycles. The van der Waals surface area contributed by atoms with Crippen LogP contribution >= 0.6 is 7.44 Å². The average Bonchev–Trinajstić information content (AvgIpc) is 3.20. The van der Waals surface area contributed by atoms with E-state index >= 15 is 4.57 Å². The first-order chi connectivity index (χ1) is 16.1. The SMILES string of the molecule is CN1CCN(C(c2ccc(F)cc2)P2(=O)N(c3ccccc3)CCN2c2ccccc2)CC1. The Kier molecular flexibility index (Phi) is 6.24. The summed E-state index contributed by atoms with van der Waals surface area (Å²) < 4.78 is 33.6. The Balaban J connectivity index is 1.67. The third-order valence-corrected chi connectivity index (χ3v) is 10.2. The molecule has 2 saturated heterocycles. The van der Waals surface area contributed by atoms with Crippen molar-refractivity contribution in [1.82, 2.24) is 9.80 Å². The van der Waals surface area contributed by atoms with E-state index in [0.717, 1.165) is 43.1 Å². The Bertz CT molecular complexity index is 1050. The molecule has 5 rings (SSSR count). The van der Waals surface area contributed by atoms with E-state index in [1.54, 1.807) is 0 Å². The van der Waals surface area contributed by atoms with E-state index < -0.39 is 7.44 Å². The van der Waals surface area contributed by atoms with Gasteiger partial charge in [-0.2, -0.15) is 0 Å². The number of benzene rings is 3. The molecule has 2 heterocycles. The lowest BCUT2D eigenvalue weighted by Gasteiger charge is -2.45. The number of likely N-dealkylation sites (N-methyl/N-ethyl adjacent to an activating group) is 1. The standard InChI is InChI=1S/C26H30FN4OP/c1-28-16-18-29(19-17-28)26(22-12-14-23(27)15-13-22)33(32)30(24-8-4-2-5-9-24)20-21-31(33)25-10-6-3-7-11-25/h2-15,26H,16-21H2,1H3. The highest BCUT2D eigenvalue weighted by Gasteiger charge is 2.52. The summed E-state index contributed by atoms with van der Waals surface area (Å²) in [6.07, 6.45) is 0. The quantitative estimate of drug-likeness (QED) is 0.479. The molecule has 7 heteroatoms. The minimum absolute atomic E-state index is 0.277. The van der Waals surface area contributed by atoms with Gasteiger partial charge in [0.15, 0.2) is 0 Å². The van der Waals surface area contributed by atoms with Gasteiger partial charge in [-0.25, -0.2) is 4.39 Å². The van der Waals surface area contributed by atoms with Gasteiger partial charge in [-0.3, -0.25) is 9.46 Å². The van der Waals surface area contributed by atoms with Crippen LogP contribution in [0.5, 0.6) is 0 Å². The fourth-order valence-electron chi connectivity index (χ4n) is 4.98. The van der Waals surface area contributed by atoms with E-state index in [2.05, 4.69) is 26.2 Å². The first kappa shape index (κ1) is 22.1. The number of hydrogen-bond donors (Lipinski definition) is 0. The molecule has 5 nitrogen and oxygen atoms in total. The third-order valence-electron chi connectivity index (χ3n) is 6.69. The average molecular weight is 465 g/mol. The molecule has 3 aromatic carbocycles. The van der Waals surface area contributed by atoms with Crippen molar-refractivity contribution in [2.75, 3.05) is 55.7 Å². The molecule has 1 atom stereocenters. The number of piperazine rings is 1. The van der Waals surface area contributed by atoms with Gasteiger partial charge in [-0.1, -0.05) is 48.5 Å². The van der Waals surface area contributed by atoms with Crippen LogP contribution in [0, 0.1) is 5.82 Å². The molecule has 0 amide bonds. The van der Waals surface area contributed by atoms with Crippen molar-refractivity contribution in [2.45, 2.75) is 5.78 Å². The van der Waals surface area contributed by atoms with Crippen molar-refractivity contribution < 1.29 is 8.96 Å². The van der Waals surface area contributed by atoms with Crippen molar-refractivity contribution in [3.63, 3.8) is 0 Å². The van der Waals surface area contributed by atoms with Gasteiger partial charge in [-0.05, 0) is 49.0 Å². The fourth-order valence-corrected chi connectivity index (χ4v) is 8.66. The van der Waals surface area contributed by atoms with E-state index in [-0.39, 0.29) is 11.6 Å². The summed E-state index contributed by atoms with van der Waals surface area (Å²) in [7, 11) is -1.10. The molecule has 2 aliphatic heterocycles. The Labute approximate surface area is 195 Å². The van der Waals surface area contributed by atoms with Crippen molar-refractivity contribution in [3.05, 3.63) is 96.3 Å². The maximum absolute atomic E-state index is 15.5. The van der Waals surface area contributed by atoms with Gasteiger partial charge in [0, 0.05) is 50.6 Å².